The quantitative estimate of drug-likeness (QED) is 0.791. The van der Waals surface area contributed by atoms with Gasteiger partial charge in [-0.05, 0) is 30.2 Å². The molecule has 4 nitrogen and oxygen atoms in total. The normalized spacial score (nSPS) is 10.2. The number of anilines is 1. The topological polar surface area (TPSA) is 69.6 Å². The number of nitrogens with one attached hydrogen (secondary N) is 1. The van der Waals surface area contributed by atoms with Crippen molar-refractivity contribution in [1.82, 2.24) is 0 Å². The minimum atomic E-state index is -0.531. The molecule has 0 aliphatic carbocycles. The molecule has 0 bridgehead atoms. The Kier molecular flexibility index (Phi) is 3.71. The van der Waals surface area contributed by atoms with Crippen LogP contribution in [0.3, 0.4) is 0 Å². The van der Waals surface area contributed by atoms with Crippen molar-refractivity contribution in [2.24, 2.45) is 0 Å². The van der Waals surface area contributed by atoms with Crippen molar-refractivity contribution in [3.63, 3.8) is 0 Å². The summed E-state index contributed by atoms with van der Waals surface area (Å²) >= 11 is 0. The van der Waals surface area contributed by atoms with E-state index in [-0.39, 0.29) is 17.1 Å². The van der Waals surface area contributed by atoms with E-state index in [2.05, 4.69) is 5.32 Å². The molecule has 19 heavy (non-hydrogen) atoms. The molecule has 0 fully saturated rings. The molecular weight excluding hydrogens is 242 g/mol. The van der Waals surface area contributed by atoms with E-state index in [4.69, 9.17) is 0 Å². The second-order valence-electron chi connectivity index (χ2n) is 4.14. The Morgan fingerprint density at radius 1 is 1.05 bits per heavy atom. The van der Waals surface area contributed by atoms with Crippen LogP contribution in [-0.2, 0) is 6.42 Å². The first-order valence-electron chi connectivity index (χ1n) is 6.03. The lowest BCUT2D eigenvalue weighted by molar-refractivity contribution is 0.102. The van der Waals surface area contributed by atoms with Crippen LogP contribution < -0.4 is 5.32 Å². The van der Waals surface area contributed by atoms with E-state index in [1.165, 1.54) is 18.2 Å². The zero-order valence-corrected chi connectivity index (χ0v) is 10.6. The lowest BCUT2D eigenvalue weighted by atomic mass is 10.1. The largest absolute Gasteiger partial charge is 0.507 e. The Hall–Kier alpha value is -2.49. The molecule has 0 aliphatic heterocycles. The second kappa shape index (κ2) is 5.44. The highest BCUT2D eigenvalue weighted by atomic mass is 16.3. The number of aryl methyl sites for hydroxylation is 1. The third-order valence-corrected chi connectivity index (χ3v) is 2.89. The summed E-state index contributed by atoms with van der Waals surface area (Å²) in [6.45, 7) is 1.99. The maximum Gasteiger partial charge on any atom is 0.263 e. The van der Waals surface area contributed by atoms with Gasteiger partial charge in [0.15, 0.2) is 0 Å². The van der Waals surface area contributed by atoms with Crippen molar-refractivity contribution in [1.29, 1.82) is 0 Å². The monoisotopic (exact) mass is 257 g/mol. The molecule has 0 aromatic heterocycles. The number of hydrogen-bond acceptors (Lipinski definition) is 3. The summed E-state index contributed by atoms with van der Waals surface area (Å²) in [5.74, 6) is -1.02. The highest BCUT2D eigenvalue weighted by molar-refractivity contribution is 6.08. The number of amides is 1. The number of para-hydroxylation sites is 1. The van der Waals surface area contributed by atoms with Gasteiger partial charge in [-0.15, -0.1) is 0 Å². The zero-order chi connectivity index (χ0) is 13.8. The number of benzene rings is 2. The number of carbonyl (C=O) groups excluding carboxylic acids is 1. The third kappa shape index (κ3) is 2.68. The van der Waals surface area contributed by atoms with Gasteiger partial charge in [-0.3, -0.25) is 4.79 Å². The number of phenolic OH excluding ortho intramolecular Hbond substituents is 2. The summed E-state index contributed by atoms with van der Waals surface area (Å²) < 4.78 is 0. The van der Waals surface area contributed by atoms with Crippen molar-refractivity contribution < 1.29 is 15.0 Å². The molecule has 0 saturated heterocycles. The summed E-state index contributed by atoms with van der Waals surface area (Å²) in [7, 11) is 0. The average Bonchev–Trinajstić information content (AvgIpc) is 2.39. The first-order chi connectivity index (χ1) is 9.13. The second-order valence-corrected chi connectivity index (χ2v) is 4.14. The maximum atomic E-state index is 12.1. The van der Waals surface area contributed by atoms with Crippen LogP contribution in [0.1, 0.15) is 22.8 Å². The Labute approximate surface area is 111 Å². The highest BCUT2D eigenvalue weighted by Gasteiger charge is 2.16. The number of hydrogen-bond donors (Lipinski definition) is 3. The summed E-state index contributed by atoms with van der Waals surface area (Å²) in [6, 6.07) is 11.6. The van der Waals surface area contributed by atoms with Gasteiger partial charge in [-0.2, -0.15) is 0 Å². The average molecular weight is 257 g/mol. The zero-order valence-electron chi connectivity index (χ0n) is 10.6. The minimum Gasteiger partial charge on any atom is -0.507 e. The van der Waals surface area contributed by atoms with E-state index in [1.54, 1.807) is 6.07 Å². The fourth-order valence-electron chi connectivity index (χ4n) is 1.90. The van der Waals surface area contributed by atoms with Crippen LogP contribution in [0.15, 0.2) is 42.5 Å². The van der Waals surface area contributed by atoms with Crippen molar-refractivity contribution >= 4 is 11.6 Å². The number of rotatable bonds is 3. The first kappa shape index (κ1) is 13.0. The van der Waals surface area contributed by atoms with Gasteiger partial charge in [0.1, 0.15) is 17.1 Å². The van der Waals surface area contributed by atoms with Crippen molar-refractivity contribution in [3.8, 4) is 11.5 Å². The van der Waals surface area contributed by atoms with Crippen LogP contribution in [-0.4, -0.2) is 16.1 Å². The van der Waals surface area contributed by atoms with Crippen LogP contribution in [0, 0.1) is 0 Å². The molecule has 0 heterocycles. The van der Waals surface area contributed by atoms with Crippen LogP contribution in [0.25, 0.3) is 0 Å². The van der Waals surface area contributed by atoms with Gasteiger partial charge in [0.25, 0.3) is 5.91 Å². The minimum absolute atomic E-state index is 0.117. The van der Waals surface area contributed by atoms with Gasteiger partial charge >= 0.3 is 0 Å². The predicted molar refractivity (Wildman–Crippen MR) is 73.5 cm³/mol. The van der Waals surface area contributed by atoms with Crippen LogP contribution in [0.5, 0.6) is 11.5 Å². The summed E-state index contributed by atoms with van der Waals surface area (Å²) in [5.41, 5.74) is 1.55. The Morgan fingerprint density at radius 2 is 1.68 bits per heavy atom. The van der Waals surface area contributed by atoms with E-state index < -0.39 is 5.91 Å². The fourth-order valence-corrected chi connectivity index (χ4v) is 1.90. The van der Waals surface area contributed by atoms with E-state index in [0.29, 0.717) is 5.69 Å². The Morgan fingerprint density at radius 3 is 2.32 bits per heavy atom. The predicted octanol–water partition coefficient (Wildman–Crippen LogP) is 2.91. The SMILES string of the molecule is CCc1ccccc1NC(=O)c1c(O)cccc1O. The maximum absolute atomic E-state index is 12.1. The molecule has 0 atom stereocenters. The van der Waals surface area contributed by atoms with Crippen LogP contribution in [0.4, 0.5) is 5.69 Å². The van der Waals surface area contributed by atoms with Gasteiger partial charge in [-0.25, -0.2) is 0 Å². The van der Waals surface area contributed by atoms with Crippen LogP contribution in [0.2, 0.25) is 0 Å². The van der Waals surface area contributed by atoms with Gasteiger partial charge in [0, 0.05) is 5.69 Å². The molecule has 0 spiro atoms. The molecular formula is C15H15NO3. The molecule has 98 valence electrons. The standard InChI is InChI=1S/C15H15NO3/c1-2-10-6-3-4-7-11(10)16-15(19)14-12(17)8-5-9-13(14)18/h3-9,17-18H,2H2,1H3,(H,16,19). The molecule has 1 amide bonds. The molecule has 4 heteroatoms. The third-order valence-electron chi connectivity index (χ3n) is 2.89. The Bertz CT molecular complexity index is 588. The smallest absolute Gasteiger partial charge is 0.263 e. The number of carbonyl (C=O) groups is 1. The van der Waals surface area contributed by atoms with E-state index >= 15 is 0 Å². The van der Waals surface area contributed by atoms with Gasteiger partial charge < -0.3 is 15.5 Å². The molecule has 0 aliphatic rings. The van der Waals surface area contributed by atoms with Crippen molar-refractivity contribution in [2.75, 3.05) is 5.32 Å². The van der Waals surface area contributed by atoms with Gasteiger partial charge in [-0.1, -0.05) is 31.2 Å². The van der Waals surface area contributed by atoms with Gasteiger partial charge in [0.05, 0.1) is 0 Å². The Balaban J connectivity index is 2.31. The molecule has 2 rings (SSSR count). The summed E-state index contributed by atoms with van der Waals surface area (Å²) in [6.07, 6.45) is 0.781. The summed E-state index contributed by atoms with van der Waals surface area (Å²) in [5, 5.41) is 22.0. The number of phenols is 2. The molecule has 0 saturated carbocycles. The lowest BCUT2D eigenvalue weighted by Gasteiger charge is -2.11. The molecule has 0 radical (unpaired) electrons. The van der Waals surface area contributed by atoms with Crippen molar-refractivity contribution in [3.05, 3.63) is 53.6 Å². The summed E-state index contributed by atoms with van der Waals surface area (Å²) in [4.78, 5) is 12.1. The van der Waals surface area contributed by atoms with Crippen molar-refractivity contribution in [2.45, 2.75) is 13.3 Å². The number of aromatic hydroxyl groups is 2. The molecule has 2 aromatic carbocycles. The highest BCUT2D eigenvalue weighted by Crippen LogP contribution is 2.27. The molecule has 0 unspecified atom stereocenters. The van der Waals surface area contributed by atoms with Crippen LogP contribution >= 0.6 is 0 Å². The van der Waals surface area contributed by atoms with E-state index in [9.17, 15) is 15.0 Å². The fraction of sp³-hybridized carbons (Fsp3) is 0.133. The van der Waals surface area contributed by atoms with Gasteiger partial charge in [0.2, 0.25) is 0 Å². The van der Waals surface area contributed by atoms with E-state index in [1.807, 2.05) is 25.1 Å². The molecule has 3 N–H and O–H groups in total. The first-order valence-corrected chi connectivity index (χ1v) is 6.03. The lowest BCUT2D eigenvalue weighted by Crippen LogP contribution is -2.13. The van der Waals surface area contributed by atoms with E-state index in [0.717, 1.165) is 12.0 Å². The molecule has 2 aromatic rings.